The molecule has 2 bridgehead atoms. The number of carbonyl (C=O) groups excluding carboxylic acids is 2. The zero-order valence-corrected chi connectivity index (χ0v) is 17.6. The molecule has 3 heterocycles. The van der Waals surface area contributed by atoms with Crippen molar-refractivity contribution in [2.45, 2.75) is 69.4 Å². The van der Waals surface area contributed by atoms with Gasteiger partial charge in [-0.25, -0.2) is 0 Å². The summed E-state index contributed by atoms with van der Waals surface area (Å²) in [6, 6.07) is 9.76. The molecule has 1 aromatic rings. The van der Waals surface area contributed by atoms with Gasteiger partial charge in [0.15, 0.2) is 0 Å². The molecule has 0 radical (unpaired) electrons. The van der Waals surface area contributed by atoms with Crippen molar-refractivity contribution in [3.63, 3.8) is 0 Å². The summed E-state index contributed by atoms with van der Waals surface area (Å²) >= 11 is 0. The van der Waals surface area contributed by atoms with Crippen molar-refractivity contribution in [3.8, 4) is 6.07 Å². The topological polar surface area (TPSA) is 93.7 Å². The van der Waals surface area contributed by atoms with E-state index in [9.17, 15) is 14.9 Å². The van der Waals surface area contributed by atoms with Crippen LogP contribution in [0.25, 0.3) is 0 Å². The fraction of sp³-hybridized carbons (Fsp3) is 0.609. The van der Waals surface area contributed by atoms with Crippen molar-refractivity contribution in [3.05, 3.63) is 35.4 Å². The quantitative estimate of drug-likeness (QED) is 0.791. The minimum atomic E-state index is -0.685. The van der Waals surface area contributed by atoms with Crippen molar-refractivity contribution in [2.75, 3.05) is 13.1 Å². The van der Waals surface area contributed by atoms with Crippen LogP contribution in [0.1, 0.15) is 43.4 Å². The lowest BCUT2D eigenvalue weighted by molar-refractivity contribution is -0.141. The predicted molar refractivity (Wildman–Crippen MR) is 111 cm³/mol. The SMILES string of the molecule is Cc1cccc([C@@H](C)N2C(=O)[C@@H]3CC2CN3C[C@H](N)C(=O)N2[C@H](C#N)CC3C[C@@H]32)c1. The van der Waals surface area contributed by atoms with Gasteiger partial charge in [-0.05, 0) is 44.6 Å². The van der Waals surface area contributed by atoms with E-state index < -0.39 is 6.04 Å². The van der Waals surface area contributed by atoms with E-state index in [1.165, 1.54) is 5.56 Å². The van der Waals surface area contributed by atoms with Crippen molar-refractivity contribution in [1.29, 1.82) is 5.26 Å². The van der Waals surface area contributed by atoms with Crippen LogP contribution in [0.5, 0.6) is 0 Å². The fourth-order valence-electron chi connectivity index (χ4n) is 5.90. The number of hydrogen-bond acceptors (Lipinski definition) is 5. The van der Waals surface area contributed by atoms with E-state index in [2.05, 4.69) is 43.0 Å². The minimum absolute atomic E-state index is 0.0395. The number of nitrogens with zero attached hydrogens (tertiary/aromatic N) is 4. The van der Waals surface area contributed by atoms with Crippen LogP contribution in [-0.4, -0.2) is 69.8 Å². The van der Waals surface area contributed by atoms with Gasteiger partial charge < -0.3 is 15.5 Å². The van der Waals surface area contributed by atoms with Crippen LogP contribution in [0.3, 0.4) is 0 Å². The summed E-state index contributed by atoms with van der Waals surface area (Å²) in [6.45, 7) is 5.29. The average Bonchev–Trinajstić information content (AvgIpc) is 3.06. The molecule has 3 aliphatic heterocycles. The number of rotatable bonds is 5. The molecule has 3 saturated heterocycles. The summed E-state index contributed by atoms with van der Waals surface area (Å²) in [5.41, 5.74) is 8.64. The van der Waals surface area contributed by atoms with E-state index in [1.807, 2.05) is 11.0 Å². The van der Waals surface area contributed by atoms with Crippen LogP contribution in [0.2, 0.25) is 0 Å². The van der Waals surface area contributed by atoms with Crippen LogP contribution in [0.4, 0.5) is 0 Å². The predicted octanol–water partition coefficient (Wildman–Crippen LogP) is 1.18. The third kappa shape index (κ3) is 3.01. The molecule has 7 heteroatoms. The molecule has 7 nitrogen and oxygen atoms in total. The largest absolute Gasteiger partial charge is 0.330 e. The number of piperidine rings is 1. The number of amides is 2. The van der Waals surface area contributed by atoms with Crippen LogP contribution < -0.4 is 5.73 Å². The molecule has 2 unspecified atom stereocenters. The van der Waals surface area contributed by atoms with E-state index in [1.54, 1.807) is 4.90 Å². The second-order valence-electron chi connectivity index (χ2n) is 9.49. The Balaban J connectivity index is 1.24. The Bertz CT molecular complexity index is 926. The molecule has 1 saturated carbocycles. The molecule has 5 rings (SSSR count). The monoisotopic (exact) mass is 407 g/mol. The molecule has 7 atom stereocenters. The number of benzene rings is 1. The van der Waals surface area contributed by atoms with Gasteiger partial charge in [0.05, 0.1) is 24.2 Å². The third-order valence-corrected chi connectivity index (χ3v) is 7.51. The zero-order chi connectivity index (χ0) is 21.2. The van der Waals surface area contributed by atoms with Crippen LogP contribution in [0.15, 0.2) is 24.3 Å². The summed E-state index contributed by atoms with van der Waals surface area (Å²) in [6.07, 6.45) is 2.57. The first-order valence-corrected chi connectivity index (χ1v) is 11.0. The van der Waals surface area contributed by atoms with Crippen molar-refractivity contribution >= 4 is 11.8 Å². The van der Waals surface area contributed by atoms with Gasteiger partial charge in [-0.1, -0.05) is 29.8 Å². The molecule has 4 aliphatic rings. The van der Waals surface area contributed by atoms with Crippen molar-refractivity contribution in [2.24, 2.45) is 11.7 Å². The Kier molecular flexibility index (Phi) is 4.60. The van der Waals surface area contributed by atoms with Gasteiger partial charge in [0.25, 0.3) is 0 Å². The van der Waals surface area contributed by atoms with Gasteiger partial charge in [0.1, 0.15) is 6.04 Å². The average molecular weight is 408 g/mol. The van der Waals surface area contributed by atoms with E-state index in [0.717, 1.165) is 31.4 Å². The molecule has 30 heavy (non-hydrogen) atoms. The van der Waals surface area contributed by atoms with Gasteiger partial charge in [-0.15, -0.1) is 0 Å². The first-order valence-electron chi connectivity index (χ1n) is 11.0. The van der Waals surface area contributed by atoms with Crippen LogP contribution in [0, 0.1) is 24.2 Å². The first kappa shape index (κ1) is 19.5. The lowest BCUT2D eigenvalue weighted by atomic mass is 10.0. The molecule has 158 valence electrons. The number of likely N-dealkylation sites (tertiary alicyclic amines) is 3. The summed E-state index contributed by atoms with van der Waals surface area (Å²) < 4.78 is 0. The molecule has 1 aliphatic carbocycles. The Morgan fingerprint density at radius 3 is 2.83 bits per heavy atom. The lowest BCUT2D eigenvalue weighted by Gasteiger charge is -2.38. The van der Waals surface area contributed by atoms with Gasteiger partial charge >= 0.3 is 0 Å². The minimum Gasteiger partial charge on any atom is -0.330 e. The molecular weight excluding hydrogens is 378 g/mol. The highest BCUT2D eigenvalue weighted by Crippen LogP contribution is 2.48. The number of carbonyl (C=O) groups is 2. The Hall–Kier alpha value is -2.43. The number of fused-ring (bicyclic) bond motifs is 3. The molecule has 4 fully saturated rings. The summed E-state index contributed by atoms with van der Waals surface area (Å²) in [4.78, 5) is 31.9. The summed E-state index contributed by atoms with van der Waals surface area (Å²) in [5, 5.41) is 9.36. The van der Waals surface area contributed by atoms with Crippen molar-refractivity contribution < 1.29 is 9.59 Å². The molecule has 0 spiro atoms. The van der Waals surface area contributed by atoms with Crippen LogP contribution in [-0.2, 0) is 9.59 Å². The highest BCUT2D eigenvalue weighted by atomic mass is 16.2. The summed E-state index contributed by atoms with van der Waals surface area (Å²) in [7, 11) is 0. The Morgan fingerprint density at radius 2 is 2.13 bits per heavy atom. The van der Waals surface area contributed by atoms with E-state index >= 15 is 0 Å². The first-order chi connectivity index (χ1) is 14.4. The van der Waals surface area contributed by atoms with Gasteiger partial charge in [-0.3, -0.25) is 14.5 Å². The second-order valence-corrected chi connectivity index (χ2v) is 9.49. The van der Waals surface area contributed by atoms with Crippen molar-refractivity contribution in [1.82, 2.24) is 14.7 Å². The molecule has 0 aromatic heterocycles. The maximum Gasteiger partial charge on any atom is 0.242 e. The summed E-state index contributed by atoms with van der Waals surface area (Å²) in [5.74, 6) is 0.483. The van der Waals surface area contributed by atoms with E-state index in [4.69, 9.17) is 5.73 Å². The highest BCUT2D eigenvalue weighted by molar-refractivity contribution is 5.87. The number of piperazine rings is 1. The standard InChI is InChI=1S/C23H29N5O2/c1-13-4-3-5-15(6-13)14(2)27-18-9-21(23(27)30)26(11-18)12-19(25)22(29)28-17(10-24)7-16-8-20(16)28/h3-6,14,16-21H,7-9,11-12,25H2,1-2H3/t14-,16?,17+,18?,19+,20+,21+/m1/s1. The highest BCUT2D eigenvalue weighted by Gasteiger charge is 2.56. The van der Waals surface area contributed by atoms with Gasteiger partial charge in [0, 0.05) is 25.2 Å². The maximum absolute atomic E-state index is 13.1. The molecule has 2 amide bonds. The van der Waals surface area contributed by atoms with Gasteiger partial charge in [-0.2, -0.15) is 5.26 Å². The Morgan fingerprint density at radius 1 is 1.33 bits per heavy atom. The van der Waals surface area contributed by atoms with Gasteiger partial charge in [0.2, 0.25) is 11.8 Å². The fourth-order valence-corrected chi connectivity index (χ4v) is 5.90. The second kappa shape index (κ2) is 7.07. The number of aryl methyl sites for hydroxylation is 1. The smallest absolute Gasteiger partial charge is 0.242 e. The van der Waals surface area contributed by atoms with E-state index in [-0.39, 0.29) is 42.0 Å². The zero-order valence-electron chi connectivity index (χ0n) is 17.6. The normalized spacial score (nSPS) is 34.1. The molecular formula is C23H29N5O2. The third-order valence-electron chi connectivity index (χ3n) is 7.51. The lowest BCUT2D eigenvalue weighted by Crippen LogP contribution is -2.57. The van der Waals surface area contributed by atoms with Crippen LogP contribution >= 0.6 is 0 Å². The number of nitrogens with two attached hydrogens (primary N) is 1. The molecule has 2 N–H and O–H groups in total. The van der Waals surface area contributed by atoms with E-state index in [0.29, 0.717) is 12.5 Å². The Labute approximate surface area is 177 Å². The maximum atomic E-state index is 13.1. The number of hydrogen-bond donors (Lipinski definition) is 1. The molecule has 1 aromatic carbocycles. The number of nitriles is 1.